The number of fused-ring (bicyclic) bond motifs is 2. The third kappa shape index (κ3) is 19.8. The Morgan fingerprint density at radius 1 is 0.183 bits per heavy atom. The fourth-order valence-corrected chi connectivity index (χ4v) is 30.7. The van der Waals surface area contributed by atoms with Crippen LogP contribution in [-0.2, 0) is 0 Å². The Hall–Kier alpha value is -14.9. The molecular weight excluding hydrogens is 1690 g/mol. The van der Waals surface area contributed by atoms with Gasteiger partial charge in [-0.3, -0.25) is 44.9 Å². The van der Waals surface area contributed by atoms with Crippen LogP contribution in [0, 0.1) is 0 Å². The lowest BCUT2D eigenvalue weighted by molar-refractivity contribution is 1.34. The second-order valence-electron chi connectivity index (χ2n) is 30.1. The molecule has 0 saturated heterocycles. The molecule has 0 aliphatic heterocycles. The first-order valence-electron chi connectivity index (χ1n) is 42.8. The third-order valence-electron chi connectivity index (χ3n) is 22.4. The van der Waals surface area contributed by atoms with Gasteiger partial charge in [-0.05, 0) is 236 Å². The van der Waals surface area contributed by atoms with E-state index < -0.39 is 38.3 Å². The van der Waals surface area contributed by atoms with E-state index >= 15 is 0 Å². The fraction of sp³-hybridized carbons (Fsp3) is 0. The van der Waals surface area contributed by atoms with Gasteiger partial charge >= 0.3 is 0 Å². The van der Waals surface area contributed by atoms with Crippen LogP contribution in [0.15, 0.2) is 478 Å². The molecule has 9 aromatic heterocycles. The summed E-state index contributed by atoms with van der Waals surface area (Å²) in [5.74, 6) is 0. The predicted molar refractivity (Wildman–Crippen MR) is 573 cm³/mol. The molecule has 19 rings (SSSR count). The average Bonchev–Trinajstić information content (AvgIpc) is 0.694. The van der Waals surface area contributed by atoms with Gasteiger partial charge in [0.15, 0.2) is 0 Å². The number of benzene rings is 10. The number of hydrogen-bond donors (Lipinski definition) is 0. The Bertz CT molecular complexity index is 6500. The summed E-state index contributed by atoms with van der Waals surface area (Å²) in [4.78, 5) is 41.2. The molecule has 9 heterocycles. The van der Waals surface area contributed by atoms with Gasteiger partial charge < -0.3 is 0 Å². The van der Waals surface area contributed by atoms with Crippen LogP contribution in [0.1, 0.15) is 44.5 Å². The molecule has 0 fully saturated rings. The van der Waals surface area contributed by atoms with E-state index in [1.54, 1.807) is 42.7 Å². The molecule has 0 N–H and O–H groups in total. The molecule has 19 aromatic rings. The second-order valence-corrected chi connectivity index (χ2v) is 43.0. The first kappa shape index (κ1) is 89.5. The van der Waals surface area contributed by atoms with Gasteiger partial charge in [-0.15, -0.1) is 0 Å². The highest BCUT2D eigenvalue weighted by Crippen LogP contribution is 2.61. The van der Waals surface area contributed by atoms with E-state index in [0.29, 0.717) is 0 Å². The molecule has 0 saturated carbocycles. The van der Waals surface area contributed by atoms with Gasteiger partial charge in [-0.2, -0.15) is 0 Å². The summed E-state index contributed by atoms with van der Waals surface area (Å²) in [5.41, 5.74) is 19.5. The summed E-state index contributed by atoms with van der Waals surface area (Å²) in [6.07, 6.45) is 31.1. The zero-order valence-corrected chi connectivity index (χ0v) is 76.9. The highest BCUT2D eigenvalue weighted by molar-refractivity contribution is 8.02. The molecule has 131 heavy (non-hydrogen) atoms. The van der Waals surface area contributed by atoms with Crippen LogP contribution in [-0.4, -0.2) is 44.9 Å². The standard InChI is InChI=1S/C60H46P2.C21H18N3P.C19H16N3P.C17H14N3P/c1-3-45-35-39-55-47(43-45)37-41-57(61(49-23-11-5-12-24-49,50-25-13-6-14-26-50)51-27-15-7-16-28-51)59(55)60-56-40-36-46(4-2)44-48(56)38-42-58(60)62(52-29-17-8-18-30-52,53-31-19-9-20-32-53)54-33-21-10-22-34-54;1-4-16-7-10-19(22-13-16)25(20-11-8-17(5-2)14-23-20)21-12-9-18(6-3)15-24-21;1-3-15-8-10-18(21-13-15)23(17-7-5-6-12-20-17)19-11-9-16(4-2)14-22-19;1-2-14-9-10-17(20-13-14)21(15-7-3-5-11-18-15)16-8-4-6-12-19-16/h3-44H,1-2H2;4-15H,1-3H2;3-14H,1-2H2;2-13H,1H2/q+2;;;. The summed E-state index contributed by atoms with van der Waals surface area (Å²) in [5, 5.41) is 15.3. The molecule has 0 radical (unpaired) electrons. The van der Waals surface area contributed by atoms with Crippen LogP contribution in [0.4, 0.5) is 0 Å². The highest BCUT2D eigenvalue weighted by atomic mass is 31.2. The lowest BCUT2D eigenvalue weighted by atomic mass is 9.92. The number of nitrogens with zero attached hydrogens (tertiary/aromatic N) is 9. The van der Waals surface area contributed by atoms with Crippen molar-refractivity contribution in [2.24, 2.45) is 0 Å². The predicted octanol–water partition coefficient (Wildman–Crippen LogP) is 20.9. The Labute approximate surface area is 773 Å². The molecule has 10 aromatic carbocycles. The molecule has 0 unspecified atom stereocenters. The summed E-state index contributed by atoms with van der Waals surface area (Å²) >= 11 is 0. The number of pyridine rings is 9. The molecule has 0 bridgehead atoms. The van der Waals surface area contributed by atoms with E-state index in [1.165, 1.54) is 75.1 Å². The van der Waals surface area contributed by atoms with Gasteiger partial charge in [0.1, 0.15) is 57.0 Å². The summed E-state index contributed by atoms with van der Waals surface area (Å²) in [7, 11) is -7.92. The summed E-state index contributed by atoms with van der Waals surface area (Å²) in [6, 6.07) is 133. The van der Waals surface area contributed by atoms with Gasteiger partial charge in [0.25, 0.3) is 0 Å². The zero-order chi connectivity index (χ0) is 90.1. The van der Waals surface area contributed by atoms with Gasteiger partial charge in [-0.1, -0.05) is 301 Å². The minimum absolute atomic E-state index is 0.831. The summed E-state index contributed by atoms with van der Waals surface area (Å²) in [6.45, 7) is 31.1. The Kier molecular flexibility index (Phi) is 29.6. The second kappa shape index (κ2) is 43.3. The fourth-order valence-electron chi connectivity index (χ4n) is 16.1. The maximum absolute atomic E-state index is 4.63. The molecule has 630 valence electrons. The van der Waals surface area contributed by atoms with Crippen molar-refractivity contribution in [2.75, 3.05) is 0 Å². The maximum Gasteiger partial charge on any atom is 0.144 e. The van der Waals surface area contributed by atoms with Crippen LogP contribution in [0.2, 0.25) is 0 Å². The van der Waals surface area contributed by atoms with Crippen molar-refractivity contribution in [3.63, 3.8) is 0 Å². The van der Waals surface area contributed by atoms with E-state index in [9.17, 15) is 0 Å². The number of rotatable bonds is 26. The van der Waals surface area contributed by atoms with Crippen LogP contribution < -0.4 is 91.4 Å². The van der Waals surface area contributed by atoms with E-state index in [-0.39, 0.29) is 0 Å². The Morgan fingerprint density at radius 2 is 0.382 bits per heavy atom. The van der Waals surface area contributed by atoms with Crippen LogP contribution in [0.3, 0.4) is 0 Å². The topological polar surface area (TPSA) is 116 Å². The van der Waals surface area contributed by atoms with Crippen molar-refractivity contribution in [3.8, 4) is 11.1 Å². The number of hydrogen-bond acceptors (Lipinski definition) is 9. The smallest absolute Gasteiger partial charge is 0.144 e. The van der Waals surface area contributed by atoms with Crippen molar-refractivity contribution < 1.29 is 0 Å². The highest BCUT2D eigenvalue weighted by Gasteiger charge is 2.54. The van der Waals surface area contributed by atoms with Crippen molar-refractivity contribution >= 4 is 200 Å². The van der Waals surface area contributed by atoms with E-state index in [4.69, 9.17) is 0 Å². The van der Waals surface area contributed by atoms with Crippen LogP contribution in [0.25, 0.3) is 81.3 Å². The van der Waals surface area contributed by atoms with Gasteiger partial charge in [0.05, 0.1) is 48.9 Å². The zero-order valence-electron chi connectivity index (χ0n) is 72.5. The monoisotopic (exact) mass is 1780 g/mol. The quantitative estimate of drug-likeness (QED) is 0.0489. The first-order chi connectivity index (χ1) is 64.6. The van der Waals surface area contributed by atoms with E-state index in [0.717, 1.165) is 93.4 Å². The Morgan fingerprint density at radius 3 is 0.565 bits per heavy atom. The average molecular weight is 1780 g/mol. The molecule has 0 atom stereocenters. The molecule has 9 nitrogen and oxygen atoms in total. The Balaban J connectivity index is 0.000000148. The van der Waals surface area contributed by atoms with Crippen molar-refractivity contribution in [1.82, 2.24) is 44.9 Å². The van der Waals surface area contributed by atoms with Crippen molar-refractivity contribution in [1.29, 1.82) is 0 Å². The largest absolute Gasteiger partial charge is 0.256 e. The van der Waals surface area contributed by atoms with Gasteiger partial charge in [0.2, 0.25) is 0 Å². The number of aromatic nitrogens is 9. The molecule has 0 amide bonds. The molecule has 0 aliphatic carbocycles. The van der Waals surface area contributed by atoms with E-state index in [1.807, 2.05) is 189 Å². The van der Waals surface area contributed by atoms with Crippen molar-refractivity contribution in [3.05, 3.63) is 523 Å². The molecule has 14 heteroatoms. The van der Waals surface area contributed by atoms with Crippen LogP contribution in [0.5, 0.6) is 0 Å². The van der Waals surface area contributed by atoms with Gasteiger partial charge in [-0.25, -0.2) is 0 Å². The molecular formula is C117H94N9P5+2. The van der Waals surface area contributed by atoms with Gasteiger partial charge in [0, 0.05) is 90.7 Å². The van der Waals surface area contributed by atoms with E-state index in [2.05, 4.69) is 340 Å². The molecule has 0 aliphatic rings. The lowest BCUT2D eigenvalue weighted by Crippen LogP contribution is -2.41. The van der Waals surface area contributed by atoms with Crippen molar-refractivity contribution in [2.45, 2.75) is 0 Å². The maximum atomic E-state index is 4.63. The minimum atomic E-state index is -2.64. The summed E-state index contributed by atoms with van der Waals surface area (Å²) < 4.78 is 0. The minimum Gasteiger partial charge on any atom is -0.256 e. The first-order valence-corrected chi connectivity index (χ1v) is 50.4. The van der Waals surface area contributed by atoms with Crippen LogP contribution >= 0.6 is 38.3 Å². The normalized spacial score (nSPS) is 11.0. The lowest BCUT2D eigenvalue weighted by Gasteiger charge is -2.33. The third-order valence-corrected chi connectivity index (χ3v) is 37.5. The SMILES string of the molecule is C=Cc1ccc(P(c2ccc(C=C)cn2)c2ccc(C=C)cn2)nc1.C=Cc1ccc(P(c2ccccn2)c2ccc(C=C)cn2)nc1.C=Cc1ccc(P(c2ccccn2)c2ccccn2)nc1.C=Cc1ccc2c(-c3c([P+](c4ccccc4)(c4ccccc4)c4ccccc4)ccc4cc(C=C)ccc34)c([P+](c3ccccc3)(c3ccccc3)c3ccccc3)ccc2c1. The molecule has 0 spiro atoms.